The largest absolute Gasteiger partial charge is 0.383 e. The molecule has 6 nitrogen and oxygen atoms in total. The Morgan fingerprint density at radius 2 is 2.00 bits per heavy atom. The SMILES string of the molecule is CC(C)(O)c1nc2c(F)cc(-c3nc(N)ncc3Cl)cc2n1C1CC(F)C1. The number of rotatable bonds is 3. The van der Waals surface area contributed by atoms with Crippen LogP contribution in [0.25, 0.3) is 22.3 Å². The van der Waals surface area contributed by atoms with Crippen LogP contribution >= 0.6 is 11.6 Å². The van der Waals surface area contributed by atoms with Gasteiger partial charge in [-0.25, -0.2) is 23.7 Å². The maximum Gasteiger partial charge on any atom is 0.220 e. The number of nitrogens with zero attached hydrogens (tertiary/aromatic N) is 4. The minimum atomic E-state index is -1.32. The van der Waals surface area contributed by atoms with Crippen LogP contribution in [0, 0.1) is 5.82 Å². The van der Waals surface area contributed by atoms with Crippen LogP contribution in [0.1, 0.15) is 38.6 Å². The van der Waals surface area contributed by atoms with Crippen LogP contribution in [-0.4, -0.2) is 30.8 Å². The van der Waals surface area contributed by atoms with Crippen molar-refractivity contribution in [3.8, 4) is 11.3 Å². The average molecular weight is 394 g/mol. The first-order chi connectivity index (χ1) is 12.6. The van der Waals surface area contributed by atoms with Crippen molar-refractivity contribution >= 4 is 28.6 Å². The number of hydrogen-bond acceptors (Lipinski definition) is 5. The number of alkyl halides is 1. The van der Waals surface area contributed by atoms with Gasteiger partial charge in [0.15, 0.2) is 5.82 Å². The minimum absolute atomic E-state index is 0.0138. The van der Waals surface area contributed by atoms with E-state index in [0.717, 1.165) is 0 Å². The zero-order valence-electron chi connectivity index (χ0n) is 14.7. The Kier molecular flexibility index (Phi) is 4.08. The Morgan fingerprint density at radius 1 is 1.30 bits per heavy atom. The molecule has 1 aliphatic rings. The lowest BCUT2D eigenvalue weighted by molar-refractivity contribution is 0.0542. The van der Waals surface area contributed by atoms with Gasteiger partial charge in [0.25, 0.3) is 0 Å². The van der Waals surface area contributed by atoms with Gasteiger partial charge in [-0.3, -0.25) is 0 Å². The van der Waals surface area contributed by atoms with E-state index in [0.29, 0.717) is 35.4 Å². The molecule has 9 heteroatoms. The molecule has 2 heterocycles. The molecule has 0 atom stereocenters. The average Bonchev–Trinajstić information content (AvgIpc) is 2.94. The van der Waals surface area contributed by atoms with Gasteiger partial charge in [-0.1, -0.05) is 11.6 Å². The van der Waals surface area contributed by atoms with E-state index in [9.17, 15) is 13.9 Å². The van der Waals surface area contributed by atoms with Crippen LogP contribution in [0.3, 0.4) is 0 Å². The van der Waals surface area contributed by atoms with Gasteiger partial charge in [-0.2, -0.15) is 0 Å². The number of fused-ring (bicyclic) bond motifs is 1. The van der Waals surface area contributed by atoms with E-state index in [1.165, 1.54) is 12.3 Å². The first-order valence-corrected chi connectivity index (χ1v) is 8.89. The summed E-state index contributed by atoms with van der Waals surface area (Å²) in [7, 11) is 0. The lowest BCUT2D eigenvalue weighted by Gasteiger charge is -2.34. The van der Waals surface area contributed by atoms with Crippen molar-refractivity contribution in [3.05, 3.63) is 35.0 Å². The summed E-state index contributed by atoms with van der Waals surface area (Å²) in [4.78, 5) is 12.2. The fraction of sp³-hybridized carbons (Fsp3) is 0.389. The molecule has 0 spiro atoms. The van der Waals surface area contributed by atoms with E-state index < -0.39 is 17.6 Å². The van der Waals surface area contributed by atoms with Crippen molar-refractivity contribution in [1.29, 1.82) is 0 Å². The lowest BCUT2D eigenvalue weighted by Crippen LogP contribution is -2.32. The Hall–Kier alpha value is -2.32. The standard InChI is InChI=1S/C18H18ClF2N5O/c1-18(2,27)16-24-15-12(21)3-8(14-11(19)7-23-17(22)25-14)4-13(15)26(16)10-5-9(20)6-10/h3-4,7,9-10,27H,5-6H2,1-2H3,(H2,22,23,25). The molecule has 2 aromatic heterocycles. The van der Waals surface area contributed by atoms with E-state index in [1.54, 1.807) is 24.5 Å². The normalized spacial score (nSPS) is 20.1. The van der Waals surface area contributed by atoms with Crippen molar-refractivity contribution < 1.29 is 13.9 Å². The topological polar surface area (TPSA) is 89.8 Å². The highest BCUT2D eigenvalue weighted by molar-refractivity contribution is 6.33. The molecule has 1 saturated carbocycles. The number of nitrogens with two attached hydrogens (primary N) is 1. The Labute approximate surface area is 159 Å². The van der Waals surface area contributed by atoms with Gasteiger partial charge < -0.3 is 15.4 Å². The second-order valence-electron chi connectivity index (χ2n) is 7.34. The van der Waals surface area contributed by atoms with Crippen LogP contribution in [0.2, 0.25) is 5.02 Å². The predicted molar refractivity (Wildman–Crippen MR) is 98.6 cm³/mol. The lowest BCUT2D eigenvalue weighted by atomic mass is 9.89. The van der Waals surface area contributed by atoms with Crippen LogP contribution in [0.4, 0.5) is 14.7 Å². The first kappa shape index (κ1) is 18.1. The summed E-state index contributed by atoms with van der Waals surface area (Å²) in [5, 5.41) is 10.7. The van der Waals surface area contributed by atoms with Crippen LogP contribution in [-0.2, 0) is 5.60 Å². The van der Waals surface area contributed by atoms with Gasteiger partial charge >= 0.3 is 0 Å². The molecule has 3 N–H and O–H groups in total. The molecule has 3 aromatic rings. The van der Waals surface area contributed by atoms with E-state index in [1.807, 2.05) is 0 Å². The summed E-state index contributed by atoms with van der Waals surface area (Å²) in [5.41, 5.74) is 5.57. The summed E-state index contributed by atoms with van der Waals surface area (Å²) >= 11 is 6.16. The number of halogens is 3. The van der Waals surface area contributed by atoms with Gasteiger partial charge in [0.05, 0.1) is 22.4 Å². The van der Waals surface area contributed by atoms with Crippen LogP contribution < -0.4 is 5.73 Å². The summed E-state index contributed by atoms with van der Waals surface area (Å²) in [5.74, 6) is -0.283. The maximum absolute atomic E-state index is 14.9. The molecule has 4 rings (SSSR count). The third kappa shape index (κ3) is 3.02. The fourth-order valence-electron chi connectivity index (χ4n) is 3.41. The fourth-order valence-corrected chi connectivity index (χ4v) is 3.61. The summed E-state index contributed by atoms with van der Waals surface area (Å²) in [6, 6.07) is 2.74. The molecule has 27 heavy (non-hydrogen) atoms. The molecule has 0 amide bonds. The highest BCUT2D eigenvalue weighted by atomic mass is 35.5. The van der Waals surface area contributed by atoms with E-state index in [-0.39, 0.29) is 22.5 Å². The Morgan fingerprint density at radius 3 is 2.63 bits per heavy atom. The molecule has 0 bridgehead atoms. The molecule has 0 aliphatic heterocycles. The monoisotopic (exact) mass is 393 g/mol. The van der Waals surface area contributed by atoms with Gasteiger partial charge in [0.2, 0.25) is 5.95 Å². The van der Waals surface area contributed by atoms with E-state index in [2.05, 4.69) is 15.0 Å². The van der Waals surface area contributed by atoms with E-state index >= 15 is 0 Å². The van der Waals surface area contributed by atoms with Crippen LogP contribution in [0.15, 0.2) is 18.3 Å². The highest BCUT2D eigenvalue weighted by Gasteiger charge is 2.37. The van der Waals surface area contributed by atoms with Crippen LogP contribution in [0.5, 0.6) is 0 Å². The summed E-state index contributed by atoms with van der Waals surface area (Å²) in [6.45, 7) is 3.13. The zero-order chi connectivity index (χ0) is 19.5. The van der Waals surface area contributed by atoms with Crippen molar-refractivity contribution in [2.75, 3.05) is 5.73 Å². The number of anilines is 1. The first-order valence-electron chi connectivity index (χ1n) is 8.52. The maximum atomic E-state index is 14.9. The van der Waals surface area contributed by atoms with Gasteiger partial charge in [0, 0.05) is 11.6 Å². The van der Waals surface area contributed by atoms with Crippen molar-refractivity contribution in [3.63, 3.8) is 0 Å². The predicted octanol–water partition coefficient (Wildman–Crippen LogP) is 3.77. The number of nitrogen functional groups attached to an aromatic ring is 1. The molecule has 1 fully saturated rings. The van der Waals surface area contributed by atoms with Gasteiger partial charge in [-0.15, -0.1) is 0 Å². The molecule has 0 saturated heterocycles. The molecule has 1 aromatic carbocycles. The molecular formula is C18H18ClF2N5O. The van der Waals surface area contributed by atoms with E-state index in [4.69, 9.17) is 17.3 Å². The second-order valence-corrected chi connectivity index (χ2v) is 7.74. The number of aromatic nitrogens is 4. The number of hydrogen-bond donors (Lipinski definition) is 2. The quantitative estimate of drug-likeness (QED) is 0.707. The second kappa shape index (κ2) is 6.10. The number of aliphatic hydroxyl groups is 1. The number of imidazole rings is 1. The molecular weight excluding hydrogens is 376 g/mol. The smallest absolute Gasteiger partial charge is 0.220 e. The Balaban J connectivity index is 1.98. The minimum Gasteiger partial charge on any atom is -0.383 e. The van der Waals surface area contributed by atoms with Crippen molar-refractivity contribution in [2.24, 2.45) is 0 Å². The van der Waals surface area contributed by atoms with Crippen molar-refractivity contribution in [1.82, 2.24) is 19.5 Å². The molecule has 0 radical (unpaired) electrons. The third-order valence-electron chi connectivity index (χ3n) is 4.75. The summed E-state index contributed by atoms with van der Waals surface area (Å²) < 4.78 is 30.1. The Bertz CT molecular complexity index is 1040. The van der Waals surface area contributed by atoms with Gasteiger partial charge in [0.1, 0.15) is 23.1 Å². The highest BCUT2D eigenvalue weighted by Crippen LogP contribution is 2.41. The third-order valence-corrected chi connectivity index (χ3v) is 5.03. The zero-order valence-corrected chi connectivity index (χ0v) is 15.5. The van der Waals surface area contributed by atoms with Gasteiger partial charge in [-0.05, 0) is 38.8 Å². The summed E-state index contributed by atoms with van der Waals surface area (Å²) in [6.07, 6.45) is 1.02. The molecule has 1 aliphatic carbocycles. The number of benzene rings is 1. The molecule has 0 unspecified atom stereocenters. The molecule has 142 valence electrons. The van der Waals surface area contributed by atoms with Crippen molar-refractivity contribution in [2.45, 2.75) is 44.5 Å².